The van der Waals surface area contributed by atoms with Crippen molar-refractivity contribution in [2.24, 2.45) is 0 Å². The van der Waals surface area contributed by atoms with Crippen LogP contribution in [-0.2, 0) is 17.6 Å². The van der Waals surface area contributed by atoms with Gasteiger partial charge >= 0.3 is 5.97 Å². The number of carbonyl (C=O) groups is 1. The van der Waals surface area contributed by atoms with Gasteiger partial charge in [-0.2, -0.15) is 0 Å². The van der Waals surface area contributed by atoms with E-state index >= 15 is 0 Å². The normalized spacial score (nSPS) is 13.2. The van der Waals surface area contributed by atoms with Gasteiger partial charge < -0.3 is 9.47 Å². The van der Waals surface area contributed by atoms with Crippen molar-refractivity contribution < 1.29 is 14.3 Å². The highest BCUT2D eigenvalue weighted by Crippen LogP contribution is 2.30. The van der Waals surface area contributed by atoms with Crippen LogP contribution in [0.5, 0.6) is 5.75 Å². The van der Waals surface area contributed by atoms with Crippen LogP contribution >= 0.6 is 23.2 Å². The Morgan fingerprint density at radius 3 is 2.71 bits per heavy atom. The predicted octanol–water partition coefficient (Wildman–Crippen LogP) is 5.66. The van der Waals surface area contributed by atoms with Crippen LogP contribution in [0.2, 0.25) is 10.0 Å². The summed E-state index contributed by atoms with van der Waals surface area (Å²) in [5, 5.41) is 1.81. The number of hydrogen-bond acceptors (Lipinski definition) is 4. The van der Waals surface area contributed by atoms with Crippen molar-refractivity contribution in [3.63, 3.8) is 0 Å². The van der Waals surface area contributed by atoms with Gasteiger partial charge in [0.25, 0.3) is 0 Å². The van der Waals surface area contributed by atoms with Gasteiger partial charge in [-0.3, -0.25) is 4.98 Å². The lowest BCUT2D eigenvalue weighted by molar-refractivity contribution is 0.0451. The van der Waals surface area contributed by atoms with Crippen molar-refractivity contribution in [3.05, 3.63) is 69.3 Å². The van der Waals surface area contributed by atoms with Gasteiger partial charge in [0.15, 0.2) is 0 Å². The van der Waals surface area contributed by atoms with E-state index in [1.807, 2.05) is 24.3 Å². The number of rotatable bonds is 5. The standard InChI is InChI=1S/C22H19Cl2NO3/c23-14-9-10-20(17(24)13-14)27-11-12-28-22(26)21-15-5-1-3-7-18(15)25-19-8-4-2-6-16(19)21/h1,3,5,7,9-10,13H,2,4,6,8,11-12H2. The van der Waals surface area contributed by atoms with Crippen LogP contribution in [-0.4, -0.2) is 24.2 Å². The van der Waals surface area contributed by atoms with Crippen molar-refractivity contribution in [1.82, 2.24) is 4.98 Å². The number of esters is 1. The summed E-state index contributed by atoms with van der Waals surface area (Å²) in [5.41, 5.74) is 3.52. The minimum absolute atomic E-state index is 0.128. The second-order valence-electron chi connectivity index (χ2n) is 6.70. The van der Waals surface area contributed by atoms with Crippen molar-refractivity contribution >= 4 is 40.1 Å². The first kappa shape index (κ1) is 19.0. The molecule has 2 aromatic carbocycles. The number of fused-ring (bicyclic) bond motifs is 2. The van der Waals surface area contributed by atoms with E-state index in [1.54, 1.807) is 18.2 Å². The fourth-order valence-electron chi connectivity index (χ4n) is 3.56. The molecule has 0 fully saturated rings. The largest absolute Gasteiger partial charge is 0.488 e. The quantitative estimate of drug-likeness (QED) is 0.398. The third-order valence-electron chi connectivity index (χ3n) is 4.84. The highest BCUT2D eigenvalue weighted by molar-refractivity contribution is 6.35. The fraction of sp³-hybridized carbons (Fsp3) is 0.273. The van der Waals surface area contributed by atoms with Gasteiger partial charge in [-0.15, -0.1) is 0 Å². The number of hydrogen-bond donors (Lipinski definition) is 0. The molecule has 28 heavy (non-hydrogen) atoms. The molecule has 1 heterocycles. The molecule has 1 aliphatic carbocycles. The number of benzene rings is 2. The first-order valence-corrected chi connectivity index (χ1v) is 10.0. The topological polar surface area (TPSA) is 48.4 Å². The summed E-state index contributed by atoms with van der Waals surface area (Å²) in [4.78, 5) is 17.7. The molecule has 1 aromatic heterocycles. The van der Waals surface area contributed by atoms with E-state index < -0.39 is 0 Å². The minimum atomic E-state index is -0.331. The molecule has 1 aliphatic rings. The zero-order valence-corrected chi connectivity index (χ0v) is 16.7. The number of nitrogens with zero attached hydrogens (tertiary/aromatic N) is 1. The molecule has 0 spiro atoms. The van der Waals surface area contributed by atoms with Crippen LogP contribution in [0.4, 0.5) is 0 Å². The van der Waals surface area contributed by atoms with E-state index in [9.17, 15) is 4.79 Å². The Morgan fingerprint density at radius 1 is 1.04 bits per heavy atom. The Bertz CT molecular complexity index is 1040. The van der Waals surface area contributed by atoms with Crippen LogP contribution in [0, 0.1) is 0 Å². The lowest BCUT2D eigenvalue weighted by Crippen LogP contribution is -2.18. The minimum Gasteiger partial charge on any atom is -0.488 e. The molecule has 0 atom stereocenters. The summed E-state index contributed by atoms with van der Waals surface area (Å²) in [6.45, 7) is 0.335. The predicted molar refractivity (Wildman–Crippen MR) is 111 cm³/mol. The summed E-state index contributed by atoms with van der Waals surface area (Å²) < 4.78 is 11.1. The van der Waals surface area contributed by atoms with Crippen LogP contribution in [0.1, 0.15) is 34.5 Å². The number of halogens is 2. The molecule has 0 saturated heterocycles. The van der Waals surface area contributed by atoms with Gasteiger partial charge in [0.05, 0.1) is 16.1 Å². The highest BCUT2D eigenvalue weighted by Gasteiger charge is 2.23. The Kier molecular flexibility index (Phi) is 5.69. The van der Waals surface area contributed by atoms with Crippen LogP contribution < -0.4 is 4.74 Å². The monoisotopic (exact) mass is 415 g/mol. The Morgan fingerprint density at radius 2 is 1.86 bits per heavy atom. The maximum Gasteiger partial charge on any atom is 0.339 e. The number of carbonyl (C=O) groups excluding carboxylic acids is 1. The molecule has 144 valence electrons. The zero-order valence-electron chi connectivity index (χ0n) is 15.2. The smallest absolute Gasteiger partial charge is 0.339 e. The molecule has 0 amide bonds. The molecule has 3 aromatic rings. The number of ether oxygens (including phenoxy) is 2. The lowest BCUT2D eigenvalue weighted by Gasteiger charge is -2.20. The van der Waals surface area contributed by atoms with Crippen LogP contribution in [0.15, 0.2) is 42.5 Å². The van der Waals surface area contributed by atoms with Crippen molar-refractivity contribution in [2.75, 3.05) is 13.2 Å². The van der Waals surface area contributed by atoms with Gasteiger partial charge in [0.2, 0.25) is 0 Å². The van der Waals surface area contributed by atoms with Crippen molar-refractivity contribution in [2.45, 2.75) is 25.7 Å². The second kappa shape index (κ2) is 8.38. The molecule has 4 rings (SSSR count). The average molecular weight is 416 g/mol. The maximum atomic E-state index is 12.9. The van der Waals surface area contributed by atoms with E-state index in [-0.39, 0.29) is 19.2 Å². The second-order valence-corrected chi connectivity index (χ2v) is 7.54. The maximum absolute atomic E-state index is 12.9. The van der Waals surface area contributed by atoms with Gasteiger partial charge in [0, 0.05) is 16.1 Å². The highest BCUT2D eigenvalue weighted by atomic mass is 35.5. The van der Waals surface area contributed by atoms with Gasteiger partial charge in [-0.1, -0.05) is 41.4 Å². The first-order chi connectivity index (χ1) is 13.6. The molecule has 6 heteroatoms. The number of pyridine rings is 1. The molecular formula is C22H19Cl2NO3. The number of aromatic nitrogens is 1. The third-order valence-corrected chi connectivity index (χ3v) is 5.37. The van der Waals surface area contributed by atoms with E-state index in [0.29, 0.717) is 21.4 Å². The van der Waals surface area contributed by atoms with Crippen LogP contribution in [0.3, 0.4) is 0 Å². The Balaban J connectivity index is 1.49. The summed E-state index contributed by atoms with van der Waals surface area (Å²) in [7, 11) is 0. The first-order valence-electron chi connectivity index (χ1n) is 9.29. The lowest BCUT2D eigenvalue weighted by atomic mass is 9.90. The van der Waals surface area contributed by atoms with E-state index in [2.05, 4.69) is 0 Å². The Hall–Kier alpha value is -2.30. The van der Waals surface area contributed by atoms with Gasteiger partial charge in [-0.05, 0) is 55.5 Å². The van der Waals surface area contributed by atoms with E-state index in [0.717, 1.165) is 47.8 Å². The fourth-order valence-corrected chi connectivity index (χ4v) is 4.02. The summed E-state index contributed by atoms with van der Waals surface area (Å²) >= 11 is 12.0. The molecular weight excluding hydrogens is 397 g/mol. The Labute approximate surface area is 173 Å². The molecule has 0 saturated carbocycles. The number of aryl methyl sites for hydroxylation is 1. The van der Waals surface area contributed by atoms with E-state index in [4.69, 9.17) is 37.7 Å². The van der Waals surface area contributed by atoms with Crippen molar-refractivity contribution in [3.8, 4) is 5.75 Å². The number of para-hydroxylation sites is 1. The van der Waals surface area contributed by atoms with Crippen LogP contribution in [0.25, 0.3) is 10.9 Å². The molecule has 0 unspecified atom stereocenters. The average Bonchev–Trinajstić information content (AvgIpc) is 2.70. The molecule has 0 radical (unpaired) electrons. The molecule has 4 nitrogen and oxygen atoms in total. The molecule has 0 bridgehead atoms. The molecule has 0 N–H and O–H groups in total. The van der Waals surface area contributed by atoms with E-state index in [1.165, 1.54) is 0 Å². The summed E-state index contributed by atoms with van der Waals surface area (Å²) in [6.07, 6.45) is 3.92. The molecule has 0 aliphatic heterocycles. The summed E-state index contributed by atoms with van der Waals surface area (Å²) in [5.74, 6) is 0.177. The zero-order chi connectivity index (χ0) is 19.5. The van der Waals surface area contributed by atoms with Gasteiger partial charge in [-0.25, -0.2) is 4.79 Å². The third kappa shape index (κ3) is 3.94. The SMILES string of the molecule is O=C(OCCOc1ccc(Cl)cc1Cl)c1c2c(nc3ccccc13)CCCC2. The summed E-state index contributed by atoms with van der Waals surface area (Å²) in [6, 6.07) is 12.7. The van der Waals surface area contributed by atoms with Crippen molar-refractivity contribution in [1.29, 1.82) is 0 Å². The van der Waals surface area contributed by atoms with Gasteiger partial charge in [0.1, 0.15) is 19.0 Å².